The van der Waals surface area contributed by atoms with Crippen LogP contribution >= 0.6 is 11.6 Å². The van der Waals surface area contributed by atoms with Gasteiger partial charge in [-0.1, -0.05) is 29.8 Å². The molecule has 2 rings (SSSR count). The Bertz CT molecular complexity index is 637. The average molecular weight is 285 g/mol. The zero-order valence-corrected chi connectivity index (χ0v) is 10.6. The molecule has 19 heavy (non-hydrogen) atoms. The number of hydrogen-bond donors (Lipinski definition) is 0. The van der Waals surface area contributed by atoms with E-state index in [1.807, 2.05) is 6.08 Å². The van der Waals surface area contributed by atoms with Crippen molar-refractivity contribution in [3.63, 3.8) is 0 Å². The van der Waals surface area contributed by atoms with Gasteiger partial charge in [0.25, 0.3) is 0 Å². The van der Waals surface area contributed by atoms with Crippen LogP contribution in [0, 0.1) is 18.3 Å². The molecule has 0 aromatic carbocycles. The SMILES string of the molecule is Cc1c(C2=CC=CC2)nc(Cl)c(C#N)c1C(F)(F)F. The second-order valence-electron chi connectivity index (χ2n) is 4.06. The van der Waals surface area contributed by atoms with Gasteiger partial charge in [-0.15, -0.1) is 0 Å². The van der Waals surface area contributed by atoms with Gasteiger partial charge in [-0.05, 0) is 24.5 Å². The molecule has 0 saturated heterocycles. The molecule has 0 N–H and O–H groups in total. The number of hydrogen-bond acceptors (Lipinski definition) is 2. The monoisotopic (exact) mass is 284 g/mol. The first-order valence-corrected chi connectivity index (χ1v) is 5.77. The van der Waals surface area contributed by atoms with Crippen LogP contribution in [0.15, 0.2) is 18.2 Å². The van der Waals surface area contributed by atoms with Crippen LogP contribution in [-0.4, -0.2) is 4.98 Å². The molecule has 0 radical (unpaired) electrons. The van der Waals surface area contributed by atoms with Gasteiger partial charge in [-0.2, -0.15) is 18.4 Å². The molecule has 1 aliphatic carbocycles. The fourth-order valence-corrected chi connectivity index (χ4v) is 2.26. The molecule has 1 aromatic heterocycles. The molecule has 6 heteroatoms. The van der Waals surface area contributed by atoms with Crippen molar-refractivity contribution in [2.45, 2.75) is 19.5 Å². The van der Waals surface area contributed by atoms with E-state index in [4.69, 9.17) is 16.9 Å². The number of pyridine rings is 1. The van der Waals surface area contributed by atoms with E-state index in [9.17, 15) is 13.2 Å². The Morgan fingerprint density at radius 2 is 2.11 bits per heavy atom. The number of nitrogens with zero attached hydrogens (tertiary/aromatic N) is 2. The first-order valence-electron chi connectivity index (χ1n) is 5.39. The Labute approximate surface area is 112 Å². The van der Waals surface area contributed by atoms with Crippen molar-refractivity contribution >= 4 is 17.2 Å². The molecule has 0 unspecified atom stereocenters. The van der Waals surface area contributed by atoms with Crippen molar-refractivity contribution in [1.29, 1.82) is 5.26 Å². The van der Waals surface area contributed by atoms with Crippen molar-refractivity contribution in [2.24, 2.45) is 0 Å². The highest BCUT2D eigenvalue weighted by molar-refractivity contribution is 6.30. The summed E-state index contributed by atoms with van der Waals surface area (Å²) in [5.74, 6) is 0. The predicted molar refractivity (Wildman–Crippen MR) is 65.4 cm³/mol. The van der Waals surface area contributed by atoms with Crippen molar-refractivity contribution in [1.82, 2.24) is 4.98 Å². The highest BCUT2D eigenvalue weighted by Gasteiger charge is 2.38. The summed E-state index contributed by atoms with van der Waals surface area (Å²) in [6.07, 6.45) is 1.12. The lowest BCUT2D eigenvalue weighted by molar-refractivity contribution is -0.138. The molecule has 0 bridgehead atoms. The Kier molecular flexibility index (Phi) is 3.38. The van der Waals surface area contributed by atoms with Crippen LogP contribution in [0.1, 0.15) is 28.8 Å². The fourth-order valence-electron chi connectivity index (χ4n) is 2.04. The molecule has 98 valence electrons. The fraction of sp³-hybridized carbons (Fsp3) is 0.231. The smallest absolute Gasteiger partial charge is 0.235 e. The standard InChI is InChI=1S/C13H8ClF3N2/c1-7-10(13(15,16)17)9(6-18)12(14)19-11(7)8-4-2-3-5-8/h2-4H,5H2,1H3. The summed E-state index contributed by atoms with van der Waals surface area (Å²) in [7, 11) is 0. The van der Waals surface area contributed by atoms with Gasteiger partial charge in [0.15, 0.2) is 0 Å². The maximum absolute atomic E-state index is 13.1. The zero-order valence-electron chi connectivity index (χ0n) is 9.85. The van der Waals surface area contributed by atoms with Crippen molar-refractivity contribution in [2.75, 3.05) is 0 Å². The lowest BCUT2D eigenvalue weighted by Crippen LogP contribution is -2.14. The van der Waals surface area contributed by atoms with Crippen LogP contribution in [0.3, 0.4) is 0 Å². The first-order chi connectivity index (χ1) is 8.86. The van der Waals surface area contributed by atoms with E-state index in [1.165, 1.54) is 13.0 Å². The molecule has 0 fully saturated rings. The summed E-state index contributed by atoms with van der Waals surface area (Å²) in [4.78, 5) is 3.93. The number of halogens is 4. The summed E-state index contributed by atoms with van der Waals surface area (Å²) >= 11 is 5.71. The molecular weight excluding hydrogens is 277 g/mol. The quantitative estimate of drug-likeness (QED) is 0.722. The maximum Gasteiger partial charge on any atom is 0.418 e. The second kappa shape index (κ2) is 4.71. The molecule has 0 aliphatic heterocycles. The topological polar surface area (TPSA) is 36.7 Å². The molecule has 1 aliphatic rings. The number of aromatic nitrogens is 1. The van der Waals surface area contributed by atoms with E-state index in [0.29, 0.717) is 12.0 Å². The molecule has 1 aromatic rings. The van der Waals surface area contributed by atoms with Gasteiger partial charge in [-0.25, -0.2) is 4.98 Å². The van der Waals surface area contributed by atoms with Crippen LogP contribution in [0.25, 0.3) is 5.57 Å². The summed E-state index contributed by atoms with van der Waals surface area (Å²) in [5, 5.41) is 8.43. The van der Waals surface area contributed by atoms with Gasteiger partial charge >= 0.3 is 6.18 Å². The molecule has 0 atom stereocenters. The number of allylic oxidation sites excluding steroid dienone is 4. The van der Waals surface area contributed by atoms with Crippen LogP contribution in [0.5, 0.6) is 0 Å². The number of rotatable bonds is 1. The molecule has 1 heterocycles. The Balaban J connectivity index is 2.74. The largest absolute Gasteiger partial charge is 0.418 e. The van der Waals surface area contributed by atoms with Crippen LogP contribution < -0.4 is 0 Å². The normalized spacial score (nSPS) is 14.4. The highest BCUT2D eigenvalue weighted by Crippen LogP contribution is 2.39. The predicted octanol–water partition coefficient (Wildman–Crippen LogP) is 4.28. The zero-order chi connectivity index (χ0) is 14.2. The third kappa shape index (κ3) is 2.36. The minimum absolute atomic E-state index is 0.0663. The lowest BCUT2D eigenvalue weighted by atomic mass is 9.98. The molecular formula is C13H8ClF3N2. The van der Waals surface area contributed by atoms with Gasteiger partial charge in [0, 0.05) is 0 Å². The third-order valence-corrected chi connectivity index (χ3v) is 3.14. The number of nitriles is 1. The summed E-state index contributed by atoms with van der Waals surface area (Å²) < 4.78 is 39.2. The van der Waals surface area contributed by atoms with Gasteiger partial charge < -0.3 is 0 Å². The van der Waals surface area contributed by atoms with Crippen molar-refractivity contribution in [3.8, 4) is 6.07 Å². The lowest BCUT2D eigenvalue weighted by Gasteiger charge is -2.16. The summed E-state index contributed by atoms with van der Waals surface area (Å²) in [6, 6.07) is 1.48. The Morgan fingerprint density at radius 3 is 2.58 bits per heavy atom. The number of alkyl halides is 3. The van der Waals surface area contributed by atoms with Crippen molar-refractivity contribution in [3.05, 3.63) is 45.8 Å². The molecule has 0 amide bonds. The third-order valence-electron chi connectivity index (χ3n) is 2.87. The van der Waals surface area contributed by atoms with Gasteiger partial charge in [-0.3, -0.25) is 0 Å². The Hall–Kier alpha value is -1.80. The van der Waals surface area contributed by atoms with Gasteiger partial charge in [0.2, 0.25) is 0 Å². The summed E-state index contributed by atoms with van der Waals surface area (Å²) in [5.41, 5.74) is -0.834. The van der Waals surface area contributed by atoms with Crippen LogP contribution in [-0.2, 0) is 6.18 Å². The summed E-state index contributed by atoms with van der Waals surface area (Å²) in [6.45, 7) is 1.31. The van der Waals surface area contributed by atoms with E-state index in [0.717, 1.165) is 0 Å². The molecule has 2 nitrogen and oxygen atoms in total. The minimum Gasteiger partial charge on any atom is -0.235 e. The van der Waals surface area contributed by atoms with E-state index >= 15 is 0 Å². The van der Waals surface area contributed by atoms with E-state index in [-0.39, 0.29) is 11.3 Å². The second-order valence-corrected chi connectivity index (χ2v) is 4.42. The molecule has 0 spiro atoms. The first kappa shape index (κ1) is 13.6. The average Bonchev–Trinajstić information content (AvgIpc) is 2.82. The van der Waals surface area contributed by atoms with E-state index in [1.54, 1.807) is 12.2 Å². The Morgan fingerprint density at radius 1 is 1.42 bits per heavy atom. The van der Waals surface area contributed by atoms with Crippen LogP contribution in [0.4, 0.5) is 13.2 Å². The van der Waals surface area contributed by atoms with Crippen molar-refractivity contribution < 1.29 is 13.2 Å². The minimum atomic E-state index is -4.64. The van der Waals surface area contributed by atoms with E-state index in [2.05, 4.69) is 4.98 Å². The van der Waals surface area contributed by atoms with Gasteiger partial charge in [0.05, 0.1) is 11.3 Å². The highest BCUT2D eigenvalue weighted by atomic mass is 35.5. The maximum atomic E-state index is 13.1. The molecule has 0 saturated carbocycles. The van der Waals surface area contributed by atoms with Gasteiger partial charge in [0.1, 0.15) is 16.8 Å². The van der Waals surface area contributed by atoms with E-state index < -0.39 is 22.5 Å². The van der Waals surface area contributed by atoms with Crippen LogP contribution in [0.2, 0.25) is 5.15 Å².